The average Bonchev–Trinajstić information content (AvgIpc) is 2.24. The van der Waals surface area contributed by atoms with Gasteiger partial charge in [-0.25, -0.2) is 4.18 Å². The summed E-state index contributed by atoms with van der Waals surface area (Å²) in [7, 11) is -4.23. The van der Waals surface area contributed by atoms with Crippen molar-refractivity contribution in [2.24, 2.45) is 0 Å². The van der Waals surface area contributed by atoms with Gasteiger partial charge in [0.25, 0.3) is 0 Å². The number of hydrogen-bond donors (Lipinski definition) is 1. The Balaban J connectivity index is -0.000000213. The molecule has 0 heterocycles. The fraction of sp³-hybridized carbons (Fsp3) is 1.00. The molecule has 0 amide bonds. The van der Waals surface area contributed by atoms with E-state index in [9.17, 15) is 8.42 Å². The number of hydrogen-bond acceptors (Lipinski definition) is 3. The topological polar surface area (TPSA) is 95.1 Å². The zero-order valence-electron chi connectivity index (χ0n) is 13.4. The van der Waals surface area contributed by atoms with E-state index in [1.807, 2.05) is 0 Å². The minimum Gasteiger partial charge on any atom is -1.00 e. The first-order valence-corrected chi connectivity index (χ1v) is 8.04. The van der Waals surface area contributed by atoms with Crippen molar-refractivity contribution in [3.05, 3.63) is 0 Å². The molecule has 0 aromatic rings. The van der Waals surface area contributed by atoms with Gasteiger partial charge >= 0.3 is 61.8 Å². The van der Waals surface area contributed by atoms with Crippen LogP contribution in [-0.4, -0.2) is 42.4 Å². The van der Waals surface area contributed by atoms with E-state index in [2.05, 4.69) is 11.1 Å². The van der Waals surface area contributed by atoms with Gasteiger partial charge in [-0.3, -0.25) is 4.55 Å². The van der Waals surface area contributed by atoms with E-state index >= 15 is 0 Å². The van der Waals surface area contributed by atoms with Crippen molar-refractivity contribution in [2.45, 2.75) is 71.1 Å². The van der Waals surface area contributed by atoms with Gasteiger partial charge < -0.3 is 6.90 Å². The van der Waals surface area contributed by atoms with Gasteiger partial charge in [0.2, 0.25) is 0 Å². The monoisotopic (exact) mass is 354 g/mol. The Kier molecular flexibility index (Phi) is 31.4. The molecule has 0 aliphatic heterocycles. The second kappa shape index (κ2) is 21.0. The Bertz CT molecular complexity index is 268. The minimum absolute atomic E-state index is 0. The van der Waals surface area contributed by atoms with Gasteiger partial charge in [-0.05, 0) is 6.42 Å². The van der Waals surface area contributed by atoms with Crippen LogP contribution in [0.15, 0.2) is 0 Å². The fourth-order valence-corrected chi connectivity index (χ4v) is 2.08. The molecule has 0 saturated carbocycles. The summed E-state index contributed by atoms with van der Waals surface area (Å²) in [5.74, 6) is 0. The quantitative estimate of drug-likeness (QED) is 0.271. The van der Waals surface area contributed by atoms with E-state index in [1.165, 1.54) is 44.9 Å². The molecule has 0 spiro atoms. The molecule has 0 aromatic carbocycles. The maximum Gasteiger partial charge on any atom is 1.00 e. The van der Waals surface area contributed by atoms with Crippen LogP contribution in [0, 0.1) is 0 Å². The summed E-state index contributed by atoms with van der Waals surface area (Å²) in [5.41, 5.74) is 0. The van der Waals surface area contributed by atoms with Crippen LogP contribution in [0.4, 0.5) is 0 Å². The second-order valence-corrected chi connectivity index (χ2v) is 5.52. The third-order valence-corrected chi connectivity index (χ3v) is 3.19. The van der Waals surface area contributed by atoms with Gasteiger partial charge in [-0.15, -0.1) is 0 Å². The molecule has 0 fully saturated rings. The molecule has 8 heteroatoms. The van der Waals surface area contributed by atoms with E-state index < -0.39 is 10.4 Å². The van der Waals surface area contributed by atoms with Crippen LogP contribution < -0.4 is 51.4 Å². The SMILES string of the molecule is CCCCCCCCCCCCOS(=O)(=O)O.O.[AlH3].[H-].[K+]. The molecule has 0 bridgehead atoms. The fourth-order valence-electron chi connectivity index (χ4n) is 1.75. The molecule has 20 heavy (non-hydrogen) atoms. The third-order valence-electron chi connectivity index (χ3n) is 2.73. The number of unbranched alkanes of at least 4 members (excludes halogenated alkanes) is 9. The second-order valence-electron chi connectivity index (χ2n) is 4.43. The van der Waals surface area contributed by atoms with Crippen LogP contribution in [-0.2, 0) is 14.6 Å². The zero-order chi connectivity index (χ0) is 13.0. The van der Waals surface area contributed by atoms with Gasteiger partial charge in [-0.2, -0.15) is 8.42 Å². The molecule has 5 nitrogen and oxygen atoms in total. The van der Waals surface area contributed by atoms with Gasteiger partial charge in [0.15, 0.2) is 17.4 Å². The van der Waals surface area contributed by atoms with Crippen molar-refractivity contribution in [1.29, 1.82) is 0 Å². The predicted octanol–water partition coefficient (Wildman–Crippen LogP) is -1.17. The molecule has 0 aromatic heterocycles. The Morgan fingerprint density at radius 1 is 0.900 bits per heavy atom. The van der Waals surface area contributed by atoms with Gasteiger partial charge in [-0.1, -0.05) is 64.7 Å². The first-order chi connectivity index (χ1) is 8.06. The van der Waals surface area contributed by atoms with Gasteiger partial charge in [0.1, 0.15) is 0 Å². The van der Waals surface area contributed by atoms with Gasteiger partial charge in [0, 0.05) is 0 Å². The summed E-state index contributed by atoms with van der Waals surface area (Å²) in [6.45, 7) is 2.31. The van der Waals surface area contributed by atoms with Crippen LogP contribution in [0.25, 0.3) is 0 Å². The largest absolute Gasteiger partial charge is 1.00 e. The van der Waals surface area contributed by atoms with E-state index in [1.54, 1.807) is 0 Å². The normalized spacial score (nSPS) is 10.1. The Labute approximate surface area is 178 Å². The van der Waals surface area contributed by atoms with Crippen molar-refractivity contribution in [3.63, 3.8) is 0 Å². The maximum atomic E-state index is 10.2. The molecule has 120 valence electrons. The smallest absolute Gasteiger partial charge is 1.00 e. The van der Waals surface area contributed by atoms with Crippen LogP contribution in [0.5, 0.6) is 0 Å². The summed E-state index contributed by atoms with van der Waals surface area (Å²) < 4.78 is 33.0. The van der Waals surface area contributed by atoms with Crippen LogP contribution in [0.2, 0.25) is 0 Å². The maximum absolute atomic E-state index is 10.2. The molecule has 0 aliphatic rings. The first-order valence-electron chi connectivity index (χ1n) is 6.68. The Morgan fingerprint density at radius 2 is 1.25 bits per heavy atom. The van der Waals surface area contributed by atoms with Crippen molar-refractivity contribution < 1.29 is 75.4 Å². The molecule has 3 N–H and O–H groups in total. The summed E-state index contributed by atoms with van der Waals surface area (Å²) in [5, 5.41) is 0. The summed E-state index contributed by atoms with van der Waals surface area (Å²) in [6.07, 6.45) is 11.9. The third kappa shape index (κ3) is 28.2. The van der Waals surface area contributed by atoms with E-state index in [0.29, 0.717) is 6.42 Å². The molecule has 0 rings (SSSR count). The van der Waals surface area contributed by atoms with Crippen molar-refractivity contribution >= 4 is 27.8 Å². The summed E-state index contributed by atoms with van der Waals surface area (Å²) in [4.78, 5) is 0. The first kappa shape index (κ1) is 29.9. The molecule has 0 aliphatic carbocycles. The van der Waals surface area contributed by atoms with Crippen LogP contribution >= 0.6 is 0 Å². The molecule has 0 unspecified atom stereocenters. The van der Waals surface area contributed by atoms with Crippen molar-refractivity contribution in [2.75, 3.05) is 6.61 Å². The van der Waals surface area contributed by atoms with Gasteiger partial charge in [0.05, 0.1) is 6.61 Å². The Morgan fingerprint density at radius 3 is 1.60 bits per heavy atom. The molecular weight excluding hydrogens is 322 g/mol. The van der Waals surface area contributed by atoms with Crippen molar-refractivity contribution in [3.8, 4) is 0 Å². The van der Waals surface area contributed by atoms with E-state index in [4.69, 9.17) is 4.55 Å². The minimum atomic E-state index is -4.23. The standard InChI is InChI=1S/C12H26O4S.Al.K.H2O.4H/c1-2-3-4-5-6-7-8-9-10-11-12-16-17(13,14)15;;;;;;;/h2-12H2,1H3,(H,13,14,15);;;1H2;;;;/q;;+1;;;;;-1. The number of rotatable bonds is 12. The average molecular weight is 355 g/mol. The van der Waals surface area contributed by atoms with E-state index in [-0.39, 0.29) is 82.3 Å². The van der Waals surface area contributed by atoms with E-state index in [0.717, 1.165) is 12.8 Å². The predicted molar refractivity (Wildman–Crippen MR) is 84.0 cm³/mol. The Hall–Kier alpha value is 2.00. The summed E-state index contributed by atoms with van der Waals surface area (Å²) >= 11 is 0. The van der Waals surface area contributed by atoms with Crippen molar-refractivity contribution in [1.82, 2.24) is 0 Å². The molecular formula is C12H32AlKO5S. The molecule has 0 saturated heterocycles. The van der Waals surface area contributed by atoms with Crippen LogP contribution in [0.3, 0.4) is 0 Å². The van der Waals surface area contributed by atoms with Crippen LogP contribution in [0.1, 0.15) is 72.6 Å². The molecule has 0 radical (unpaired) electrons. The zero-order valence-corrected chi connectivity index (χ0v) is 16.3. The summed E-state index contributed by atoms with van der Waals surface area (Å²) in [6, 6.07) is 0. The molecule has 0 atom stereocenters.